The number of ether oxygens (including phenoxy) is 4. The minimum Gasteiger partial charge on any atom is -0.493 e. The Kier molecular flexibility index (Phi) is 4.42. The Morgan fingerprint density at radius 2 is 1.38 bits per heavy atom. The number of benzene rings is 2. The third-order valence-corrected chi connectivity index (χ3v) is 3.94. The first kappa shape index (κ1) is 15.9. The number of hydrogen-bond acceptors (Lipinski definition) is 5. The summed E-state index contributed by atoms with van der Waals surface area (Å²) < 4.78 is 21.9. The summed E-state index contributed by atoms with van der Waals surface area (Å²) in [5, 5.41) is 1.87. The van der Waals surface area contributed by atoms with Gasteiger partial charge in [0.05, 0.1) is 34.1 Å². The van der Waals surface area contributed by atoms with E-state index in [-0.39, 0.29) is 0 Å². The lowest BCUT2D eigenvalue weighted by atomic mass is 10.0. The summed E-state index contributed by atoms with van der Waals surface area (Å²) in [6.07, 6.45) is 1.75. The van der Waals surface area contributed by atoms with Crippen LogP contribution in [0.1, 0.15) is 0 Å². The normalized spacial score (nSPS) is 10.5. The van der Waals surface area contributed by atoms with Crippen LogP contribution in [0.2, 0.25) is 0 Å². The SMILES string of the molecule is COc1cccc(-c2nccc3c(OC)c(OC)ccc23)c1OC. The van der Waals surface area contributed by atoms with Crippen molar-refractivity contribution in [2.75, 3.05) is 28.4 Å². The van der Waals surface area contributed by atoms with Crippen molar-refractivity contribution in [2.24, 2.45) is 0 Å². The van der Waals surface area contributed by atoms with Gasteiger partial charge < -0.3 is 18.9 Å². The van der Waals surface area contributed by atoms with Gasteiger partial charge >= 0.3 is 0 Å². The summed E-state index contributed by atoms with van der Waals surface area (Å²) in [7, 11) is 6.49. The van der Waals surface area contributed by atoms with E-state index in [2.05, 4.69) is 4.98 Å². The zero-order valence-electron chi connectivity index (χ0n) is 14.1. The quantitative estimate of drug-likeness (QED) is 0.711. The fourth-order valence-corrected chi connectivity index (χ4v) is 2.87. The lowest BCUT2D eigenvalue weighted by Crippen LogP contribution is -1.96. The zero-order chi connectivity index (χ0) is 17.1. The molecule has 3 rings (SSSR count). The Balaban J connectivity index is 2.33. The second kappa shape index (κ2) is 6.66. The highest BCUT2D eigenvalue weighted by Crippen LogP contribution is 2.42. The molecule has 0 atom stereocenters. The van der Waals surface area contributed by atoms with E-state index in [4.69, 9.17) is 18.9 Å². The number of aromatic nitrogens is 1. The summed E-state index contributed by atoms with van der Waals surface area (Å²) in [6.45, 7) is 0. The van der Waals surface area contributed by atoms with Crippen molar-refractivity contribution >= 4 is 10.8 Å². The van der Waals surface area contributed by atoms with Gasteiger partial charge in [-0.3, -0.25) is 4.98 Å². The molecule has 5 nitrogen and oxygen atoms in total. The smallest absolute Gasteiger partial charge is 0.170 e. The molecule has 124 valence electrons. The van der Waals surface area contributed by atoms with Crippen molar-refractivity contribution in [1.82, 2.24) is 4.98 Å². The summed E-state index contributed by atoms with van der Waals surface area (Å²) >= 11 is 0. The van der Waals surface area contributed by atoms with E-state index in [1.165, 1.54) is 0 Å². The van der Waals surface area contributed by atoms with Crippen LogP contribution in [-0.2, 0) is 0 Å². The lowest BCUT2D eigenvalue weighted by molar-refractivity contribution is 0.356. The molecular formula is C19H19NO4. The molecule has 0 fully saturated rings. The average Bonchev–Trinajstić information content (AvgIpc) is 2.65. The molecule has 0 bridgehead atoms. The van der Waals surface area contributed by atoms with Crippen molar-refractivity contribution in [1.29, 1.82) is 0 Å². The number of pyridine rings is 1. The van der Waals surface area contributed by atoms with E-state index in [0.29, 0.717) is 23.0 Å². The Labute approximate surface area is 140 Å². The van der Waals surface area contributed by atoms with Crippen LogP contribution in [0.4, 0.5) is 0 Å². The lowest BCUT2D eigenvalue weighted by Gasteiger charge is -2.15. The average molecular weight is 325 g/mol. The molecule has 5 heteroatoms. The molecule has 0 aliphatic carbocycles. The molecule has 0 aliphatic heterocycles. The third kappa shape index (κ3) is 2.48. The summed E-state index contributed by atoms with van der Waals surface area (Å²) in [4.78, 5) is 4.56. The minimum atomic E-state index is 0.648. The topological polar surface area (TPSA) is 49.8 Å². The van der Waals surface area contributed by atoms with Gasteiger partial charge in [0.1, 0.15) is 0 Å². The predicted octanol–water partition coefficient (Wildman–Crippen LogP) is 3.94. The molecule has 1 aromatic heterocycles. The standard InChI is InChI=1S/C19H19NO4/c1-21-15-7-5-6-14(19(15)24-4)17-12-8-9-16(22-2)18(23-3)13(12)10-11-20-17/h5-11H,1-4H3. The molecule has 0 unspecified atom stereocenters. The third-order valence-electron chi connectivity index (χ3n) is 3.94. The molecule has 3 aromatic rings. The van der Waals surface area contributed by atoms with Crippen LogP contribution in [0.25, 0.3) is 22.0 Å². The van der Waals surface area contributed by atoms with Crippen molar-refractivity contribution in [3.8, 4) is 34.3 Å². The number of para-hydroxylation sites is 1. The maximum atomic E-state index is 5.55. The Morgan fingerprint density at radius 3 is 2.04 bits per heavy atom. The highest BCUT2D eigenvalue weighted by Gasteiger charge is 2.17. The van der Waals surface area contributed by atoms with E-state index in [1.807, 2.05) is 36.4 Å². The highest BCUT2D eigenvalue weighted by atomic mass is 16.5. The molecular weight excluding hydrogens is 306 g/mol. The monoisotopic (exact) mass is 325 g/mol. The van der Waals surface area contributed by atoms with Crippen molar-refractivity contribution in [3.05, 3.63) is 42.6 Å². The van der Waals surface area contributed by atoms with E-state index < -0.39 is 0 Å². The number of fused-ring (bicyclic) bond motifs is 1. The highest BCUT2D eigenvalue weighted by molar-refractivity contribution is 6.00. The van der Waals surface area contributed by atoms with Gasteiger partial charge in [-0.2, -0.15) is 0 Å². The number of methoxy groups -OCH3 is 4. The van der Waals surface area contributed by atoms with E-state index in [9.17, 15) is 0 Å². The van der Waals surface area contributed by atoms with Crippen LogP contribution in [-0.4, -0.2) is 33.4 Å². The van der Waals surface area contributed by atoms with Crippen LogP contribution >= 0.6 is 0 Å². The summed E-state index contributed by atoms with van der Waals surface area (Å²) in [5.74, 6) is 2.67. The molecule has 1 heterocycles. The maximum absolute atomic E-state index is 5.55. The second-order valence-corrected chi connectivity index (χ2v) is 5.10. The predicted molar refractivity (Wildman–Crippen MR) is 93.4 cm³/mol. The van der Waals surface area contributed by atoms with Gasteiger partial charge in [0.2, 0.25) is 0 Å². The van der Waals surface area contributed by atoms with Crippen LogP contribution in [0.5, 0.6) is 23.0 Å². The fraction of sp³-hybridized carbons (Fsp3) is 0.211. The van der Waals surface area contributed by atoms with Gasteiger partial charge in [0, 0.05) is 22.5 Å². The van der Waals surface area contributed by atoms with Crippen LogP contribution in [0.15, 0.2) is 42.6 Å². The van der Waals surface area contributed by atoms with E-state index in [1.54, 1.807) is 34.6 Å². The van der Waals surface area contributed by atoms with Crippen LogP contribution in [0, 0.1) is 0 Å². The van der Waals surface area contributed by atoms with E-state index >= 15 is 0 Å². The first-order valence-electron chi connectivity index (χ1n) is 7.46. The summed E-state index contributed by atoms with van der Waals surface area (Å²) in [6, 6.07) is 11.5. The first-order chi connectivity index (χ1) is 11.7. The van der Waals surface area contributed by atoms with Crippen LogP contribution in [0.3, 0.4) is 0 Å². The summed E-state index contributed by atoms with van der Waals surface area (Å²) in [5.41, 5.74) is 1.65. The van der Waals surface area contributed by atoms with Gasteiger partial charge in [-0.15, -0.1) is 0 Å². The van der Waals surface area contributed by atoms with Gasteiger partial charge in [-0.05, 0) is 30.3 Å². The molecule has 24 heavy (non-hydrogen) atoms. The Bertz CT molecular complexity index is 877. The first-order valence-corrected chi connectivity index (χ1v) is 7.46. The van der Waals surface area contributed by atoms with Gasteiger partial charge in [-0.25, -0.2) is 0 Å². The van der Waals surface area contributed by atoms with Gasteiger partial charge in [0.25, 0.3) is 0 Å². The van der Waals surface area contributed by atoms with Crippen molar-refractivity contribution in [3.63, 3.8) is 0 Å². The minimum absolute atomic E-state index is 0.648. The molecule has 0 saturated heterocycles. The van der Waals surface area contributed by atoms with Gasteiger partial charge in [0.15, 0.2) is 23.0 Å². The number of nitrogens with zero attached hydrogens (tertiary/aromatic N) is 1. The second-order valence-electron chi connectivity index (χ2n) is 5.10. The molecule has 0 saturated carbocycles. The molecule has 0 N–H and O–H groups in total. The number of rotatable bonds is 5. The largest absolute Gasteiger partial charge is 0.493 e. The fourth-order valence-electron chi connectivity index (χ4n) is 2.87. The van der Waals surface area contributed by atoms with Crippen molar-refractivity contribution in [2.45, 2.75) is 0 Å². The number of hydrogen-bond donors (Lipinski definition) is 0. The molecule has 0 aliphatic rings. The Morgan fingerprint density at radius 1 is 0.667 bits per heavy atom. The van der Waals surface area contributed by atoms with Crippen LogP contribution < -0.4 is 18.9 Å². The maximum Gasteiger partial charge on any atom is 0.170 e. The van der Waals surface area contributed by atoms with Crippen molar-refractivity contribution < 1.29 is 18.9 Å². The molecule has 0 spiro atoms. The van der Waals surface area contributed by atoms with Gasteiger partial charge in [-0.1, -0.05) is 6.07 Å². The molecule has 0 radical (unpaired) electrons. The molecule has 0 amide bonds. The van der Waals surface area contributed by atoms with E-state index in [0.717, 1.165) is 22.0 Å². The molecule has 2 aromatic carbocycles. The Hall–Kier alpha value is -2.95. The zero-order valence-corrected chi connectivity index (χ0v) is 14.1.